The third-order valence-electron chi connectivity index (χ3n) is 3.74. The minimum absolute atomic E-state index is 0.324. The Labute approximate surface area is 149 Å². The number of fused-ring (bicyclic) bond motifs is 1. The van der Waals surface area contributed by atoms with Crippen LogP contribution in [0.4, 0.5) is 0 Å². The lowest BCUT2D eigenvalue weighted by atomic mass is 10.1. The van der Waals surface area contributed by atoms with E-state index in [1.54, 1.807) is 36.5 Å². The van der Waals surface area contributed by atoms with E-state index in [2.05, 4.69) is 21.0 Å². The summed E-state index contributed by atoms with van der Waals surface area (Å²) in [4.78, 5) is 24.6. The van der Waals surface area contributed by atoms with Gasteiger partial charge >= 0.3 is 0 Å². The molecule has 1 aromatic heterocycles. The third kappa shape index (κ3) is 3.44. The van der Waals surface area contributed by atoms with Crippen LogP contribution in [0, 0.1) is 0 Å². The maximum absolute atomic E-state index is 12.3. The summed E-state index contributed by atoms with van der Waals surface area (Å²) in [5.74, 6) is 0.0529. The molecule has 2 amide bonds. The van der Waals surface area contributed by atoms with Gasteiger partial charge in [-0.25, -0.2) is 0 Å². The molecule has 2 aromatic carbocycles. The first kappa shape index (κ1) is 17.3. The first-order chi connectivity index (χ1) is 12.6. The second-order valence-corrected chi connectivity index (χ2v) is 5.35. The van der Waals surface area contributed by atoms with Crippen molar-refractivity contribution >= 4 is 22.7 Å². The molecule has 3 aromatic rings. The highest BCUT2D eigenvalue weighted by molar-refractivity contribution is 6.06. The van der Waals surface area contributed by atoms with Gasteiger partial charge in [-0.1, -0.05) is 12.1 Å². The second kappa shape index (κ2) is 7.56. The second-order valence-electron chi connectivity index (χ2n) is 5.35. The molecule has 3 rings (SSSR count). The lowest BCUT2D eigenvalue weighted by Crippen LogP contribution is -2.41. The monoisotopic (exact) mass is 354 g/mol. The highest BCUT2D eigenvalue weighted by Crippen LogP contribution is 2.27. The first-order valence-electron chi connectivity index (χ1n) is 7.97. The quantitative estimate of drug-likeness (QED) is 0.608. The standard InChI is InChI=1S/C18H18N4O4/c1-3-26-14-8-7-11(9-15(14)25-2)17(23)21-22-18(24)13-6-4-5-12-10-19-20-16(12)13/h4-10H,3H2,1-2H3,(H,19,20)(H,21,23)(H,22,24). The summed E-state index contributed by atoms with van der Waals surface area (Å²) in [6.07, 6.45) is 1.62. The Balaban J connectivity index is 1.70. The SMILES string of the molecule is CCOc1ccc(C(=O)NNC(=O)c2cccc3cn[nH]c23)cc1OC. The molecule has 0 aliphatic heterocycles. The van der Waals surface area contributed by atoms with E-state index in [0.717, 1.165) is 5.39 Å². The molecule has 1 heterocycles. The van der Waals surface area contributed by atoms with Crippen molar-refractivity contribution in [2.45, 2.75) is 6.92 Å². The fourth-order valence-electron chi connectivity index (χ4n) is 2.49. The largest absolute Gasteiger partial charge is 0.493 e. The molecule has 26 heavy (non-hydrogen) atoms. The van der Waals surface area contributed by atoms with E-state index >= 15 is 0 Å². The predicted molar refractivity (Wildman–Crippen MR) is 95.2 cm³/mol. The van der Waals surface area contributed by atoms with Crippen LogP contribution >= 0.6 is 0 Å². The number of aromatic nitrogens is 2. The van der Waals surface area contributed by atoms with Crippen molar-refractivity contribution in [3.8, 4) is 11.5 Å². The number of para-hydroxylation sites is 1. The average Bonchev–Trinajstić information content (AvgIpc) is 3.15. The van der Waals surface area contributed by atoms with Crippen molar-refractivity contribution in [1.82, 2.24) is 21.0 Å². The molecule has 0 aliphatic rings. The zero-order chi connectivity index (χ0) is 18.5. The molecule has 0 saturated carbocycles. The number of benzene rings is 2. The van der Waals surface area contributed by atoms with Crippen molar-refractivity contribution in [3.63, 3.8) is 0 Å². The first-order valence-corrected chi connectivity index (χ1v) is 7.97. The van der Waals surface area contributed by atoms with E-state index in [1.807, 2.05) is 13.0 Å². The number of aromatic amines is 1. The molecule has 0 unspecified atom stereocenters. The number of ether oxygens (including phenoxy) is 2. The van der Waals surface area contributed by atoms with Gasteiger partial charge in [-0.15, -0.1) is 0 Å². The van der Waals surface area contributed by atoms with Crippen LogP contribution in [0.2, 0.25) is 0 Å². The summed E-state index contributed by atoms with van der Waals surface area (Å²) in [6.45, 7) is 2.34. The molecular weight excluding hydrogens is 336 g/mol. The zero-order valence-corrected chi connectivity index (χ0v) is 14.3. The topological polar surface area (TPSA) is 105 Å². The number of nitrogens with zero attached hydrogens (tertiary/aromatic N) is 1. The number of hydrazine groups is 1. The Morgan fingerprint density at radius 1 is 1.12 bits per heavy atom. The maximum atomic E-state index is 12.3. The van der Waals surface area contributed by atoms with Gasteiger partial charge in [-0.3, -0.25) is 25.5 Å². The molecule has 8 nitrogen and oxygen atoms in total. The lowest BCUT2D eigenvalue weighted by Gasteiger charge is -2.12. The van der Waals surface area contributed by atoms with Gasteiger partial charge in [0.05, 0.1) is 31.0 Å². The molecule has 0 radical (unpaired) electrons. The number of rotatable bonds is 5. The van der Waals surface area contributed by atoms with E-state index in [1.165, 1.54) is 7.11 Å². The van der Waals surface area contributed by atoms with Crippen LogP contribution < -0.4 is 20.3 Å². The van der Waals surface area contributed by atoms with Gasteiger partial charge in [0.1, 0.15) is 0 Å². The molecule has 0 saturated heterocycles. The van der Waals surface area contributed by atoms with Crippen LogP contribution in [0.3, 0.4) is 0 Å². The summed E-state index contributed by atoms with van der Waals surface area (Å²) < 4.78 is 10.6. The zero-order valence-electron chi connectivity index (χ0n) is 14.3. The molecule has 0 atom stereocenters. The van der Waals surface area contributed by atoms with Gasteiger partial charge in [0.15, 0.2) is 11.5 Å². The fraction of sp³-hybridized carbons (Fsp3) is 0.167. The van der Waals surface area contributed by atoms with E-state index < -0.39 is 11.8 Å². The van der Waals surface area contributed by atoms with Crippen LogP contribution in [0.5, 0.6) is 11.5 Å². The Kier molecular flexibility index (Phi) is 5.02. The van der Waals surface area contributed by atoms with Crippen molar-refractivity contribution in [1.29, 1.82) is 0 Å². The molecule has 8 heteroatoms. The van der Waals surface area contributed by atoms with Gasteiger partial charge in [-0.05, 0) is 31.2 Å². The minimum Gasteiger partial charge on any atom is -0.493 e. The summed E-state index contributed by atoms with van der Waals surface area (Å²) in [6, 6.07) is 9.99. The molecule has 0 bridgehead atoms. The van der Waals surface area contributed by atoms with Gasteiger partial charge in [0, 0.05) is 10.9 Å². The van der Waals surface area contributed by atoms with Gasteiger partial charge in [0.25, 0.3) is 11.8 Å². The molecule has 0 fully saturated rings. The maximum Gasteiger partial charge on any atom is 0.271 e. The summed E-state index contributed by atoms with van der Waals surface area (Å²) in [5.41, 5.74) is 6.09. The highest BCUT2D eigenvalue weighted by atomic mass is 16.5. The van der Waals surface area contributed by atoms with Crippen molar-refractivity contribution in [3.05, 3.63) is 53.7 Å². The van der Waals surface area contributed by atoms with Crippen LogP contribution in [0.25, 0.3) is 10.9 Å². The van der Waals surface area contributed by atoms with Gasteiger partial charge in [-0.2, -0.15) is 5.10 Å². The number of amides is 2. The number of H-pyrrole nitrogens is 1. The molecule has 0 spiro atoms. The third-order valence-corrected chi connectivity index (χ3v) is 3.74. The summed E-state index contributed by atoms with van der Waals surface area (Å²) in [5, 5.41) is 7.48. The number of carbonyl (C=O) groups excluding carboxylic acids is 2. The molecular formula is C18H18N4O4. The minimum atomic E-state index is -0.475. The number of hydrogen-bond acceptors (Lipinski definition) is 5. The molecule has 3 N–H and O–H groups in total. The van der Waals surface area contributed by atoms with Crippen molar-refractivity contribution in [2.24, 2.45) is 0 Å². The Hall–Kier alpha value is -3.55. The smallest absolute Gasteiger partial charge is 0.271 e. The number of carbonyl (C=O) groups is 2. The predicted octanol–water partition coefficient (Wildman–Crippen LogP) is 2.04. The van der Waals surface area contributed by atoms with E-state index in [9.17, 15) is 9.59 Å². The van der Waals surface area contributed by atoms with E-state index in [4.69, 9.17) is 9.47 Å². The normalized spacial score (nSPS) is 10.4. The van der Waals surface area contributed by atoms with E-state index in [-0.39, 0.29) is 0 Å². The van der Waals surface area contributed by atoms with Gasteiger partial charge < -0.3 is 9.47 Å². The van der Waals surface area contributed by atoms with Crippen LogP contribution in [0.1, 0.15) is 27.6 Å². The van der Waals surface area contributed by atoms with Crippen LogP contribution in [-0.4, -0.2) is 35.7 Å². The lowest BCUT2D eigenvalue weighted by molar-refractivity contribution is 0.0847. The Morgan fingerprint density at radius 3 is 2.69 bits per heavy atom. The van der Waals surface area contributed by atoms with Gasteiger partial charge in [0.2, 0.25) is 0 Å². The van der Waals surface area contributed by atoms with Crippen LogP contribution in [-0.2, 0) is 0 Å². The number of hydrogen-bond donors (Lipinski definition) is 3. The summed E-state index contributed by atoms with van der Waals surface area (Å²) >= 11 is 0. The van der Waals surface area contributed by atoms with Crippen molar-refractivity contribution in [2.75, 3.05) is 13.7 Å². The summed E-state index contributed by atoms with van der Waals surface area (Å²) in [7, 11) is 1.49. The fourth-order valence-corrected chi connectivity index (χ4v) is 2.49. The Morgan fingerprint density at radius 2 is 1.92 bits per heavy atom. The van der Waals surface area contributed by atoms with Crippen molar-refractivity contribution < 1.29 is 19.1 Å². The number of methoxy groups -OCH3 is 1. The van der Waals surface area contributed by atoms with E-state index in [0.29, 0.717) is 34.7 Å². The number of nitrogens with one attached hydrogen (secondary N) is 3. The molecule has 134 valence electrons. The molecule has 0 aliphatic carbocycles. The average molecular weight is 354 g/mol. The van der Waals surface area contributed by atoms with Crippen LogP contribution in [0.15, 0.2) is 42.6 Å². The highest BCUT2D eigenvalue weighted by Gasteiger charge is 2.14. The Bertz CT molecular complexity index is 951.